The summed E-state index contributed by atoms with van der Waals surface area (Å²) in [6, 6.07) is 9.11. The van der Waals surface area contributed by atoms with Crippen LogP contribution in [0.4, 0.5) is 11.5 Å². The maximum atomic E-state index is 12.3. The fraction of sp³-hybridized carbons (Fsp3) is 0.214. The van der Waals surface area contributed by atoms with Crippen molar-refractivity contribution < 1.29 is 13.2 Å². The summed E-state index contributed by atoms with van der Waals surface area (Å²) >= 11 is 1.52. The van der Waals surface area contributed by atoms with Crippen molar-refractivity contribution >= 4 is 39.2 Å². The summed E-state index contributed by atoms with van der Waals surface area (Å²) in [5.41, 5.74) is 0.525. The smallest absolute Gasteiger partial charge is 0.263 e. The molecule has 23 heavy (non-hydrogen) atoms. The first-order valence-corrected chi connectivity index (χ1v) is 9.24. The van der Waals surface area contributed by atoms with Crippen molar-refractivity contribution in [2.24, 2.45) is 0 Å². The van der Waals surface area contributed by atoms with Gasteiger partial charge in [0.1, 0.15) is 5.03 Å². The molecule has 0 aliphatic carbocycles. The molecule has 0 aliphatic heterocycles. The van der Waals surface area contributed by atoms with Crippen LogP contribution >= 0.6 is 11.8 Å². The predicted molar refractivity (Wildman–Crippen MR) is 90.0 cm³/mol. The van der Waals surface area contributed by atoms with Crippen LogP contribution in [0, 0.1) is 0 Å². The van der Waals surface area contributed by atoms with Crippen molar-refractivity contribution in [2.45, 2.75) is 23.8 Å². The van der Waals surface area contributed by atoms with Gasteiger partial charge in [0.05, 0.1) is 4.90 Å². The predicted octanol–water partition coefficient (Wildman–Crippen LogP) is 2.35. The first-order valence-electron chi connectivity index (χ1n) is 6.77. The molecule has 2 aromatic rings. The van der Waals surface area contributed by atoms with Crippen LogP contribution in [0.2, 0.25) is 0 Å². The number of amides is 1. The Morgan fingerprint density at radius 2 is 1.83 bits per heavy atom. The SMILES string of the molecule is CCSc1ccc(NS(=O)(=O)c2ccc(NC(C)=O)cc2)nn1. The molecule has 0 fully saturated rings. The molecule has 122 valence electrons. The second-order valence-corrected chi connectivity index (χ2v) is 7.47. The van der Waals surface area contributed by atoms with Crippen molar-refractivity contribution in [2.75, 3.05) is 15.8 Å². The Kier molecular flexibility index (Phi) is 5.56. The summed E-state index contributed by atoms with van der Waals surface area (Å²) < 4.78 is 26.9. The molecule has 0 saturated carbocycles. The number of nitrogens with one attached hydrogen (secondary N) is 2. The molecule has 7 nitrogen and oxygen atoms in total. The van der Waals surface area contributed by atoms with Gasteiger partial charge in [0, 0.05) is 12.6 Å². The standard InChI is InChI=1S/C14H16N4O3S2/c1-3-22-14-9-8-13(16-17-14)18-23(20,21)12-6-4-11(5-7-12)15-10(2)19/h4-9H,3H2,1-2H3,(H,15,19)(H,16,18). The van der Waals surface area contributed by atoms with E-state index in [1.807, 2.05) is 6.92 Å². The van der Waals surface area contributed by atoms with E-state index in [4.69, 9.17) is 0 Å². The van der Waals surface area contributed by atoms with Crippen LogP contribution in [0.15, 0.2) is 46.3 Å². The first-order chi connectivity index (χ1) is 10.9. The van der Waals surface area contributed by atoms with Gasteiger partial charge in [-0.1, -0.05) is 6.92 Å². The normalized spacial score (nSPS) is 11.0. The molecular weight excluding hydrogens is 336 g/mol. The van der Waals surface area contributed by atoms with E-state index in [2.05, 4.69) is 20.2 Å². The Labute approximate surface area is 139 Å². The molecule has 9 heteroatoms. The maximum Gasteiger partial charge on any atom is 0.263 e. The monoisotopic (exact) mass is 352 g/mol. The zero-order chi connectivity index (χ0) is 16.9. The van der Waals surface area contributed by atoms with Gasteiger partial charge in [-0.2, -0.15) is 0 Å². The van der Waals surface area contributed by atoms with Gasteiger partial charge in [-0.3, -0.25) is 9.52 Å². The van der Waals surface area contributed by atoms with Gasteiger partial charge in [-0.05, 0) is 42.2 Å². The number of thioether (sulfide) groups is 1. The number of sulfonamides is 1. The van der Waals surface area contributed by atoms with Gasteiger partial charge in [0.25, 0.3) is 10.0 Å². The highest BCUT2D eigenvalue weighted by Gasteiger charge is 2.15. The van der Waals surface area contributed by atoms with E-state index in [0.717, 1.165) is 10.8 Å². The quantitative estimate of drug-likeness (QED) is 0.774. The van der Waals surface area contributed by atoms with Crippen LogP contribution in [0.1, 0.15) is 13.8 Å². The lowest BCUT2D eigenvalue weighted by Gasteiger charge is -2.08. The van der Waals surface area contributed by atoms with Crippen LogP contribution in [-0.2, 0) is 14.8 Å². The largest absolute Gasteiger partial charge is 0.326 e. The lowest BCUT2D eigenvalue weighted by Crippen LogP contribution is -2.14. The van der Waals surface area contributed by atoms with Crippen LogP contribution in [0.5, 0.6) is 0 Å². The van der Waals surface area contributed by atoms with E-state index < -0.39 is 10.0 Å². The van der Waals surface area contributed by atoms with Gasteiger partial charge >= 0.3 is 0 Å². The van der Waals surface area contributed by atoms with E-state index in [-0.39, 0.29) is 16.6 Å². The Balaban J connectivity index is 2.13. The number of carbonyl (C=O) groups excluding carboxylic acids is 1. The molecule has 0 saturated heterocycles. The van der Waals surface area contributed by atoms with Crippen LogP contribution in [0.3, 0.4) is 0 Å². The summed E-state index contributed by atoms with van der Waals surface area (Å²) in [5, 5.41) is 11.1. The first kappa shape index (κ1) is 17.2. The third kappa shape index (κ3) is 4.93. The number of hydrogen-bond donors (Lipinski definition) is 2. The lowest BCUT2D eigenvalue weighted by molar-refractivity contribution is -0.114. The zero-order valence-corrected chi connectivity index (χ0v) is 14.2. The Bertz CT molecular complexity index is 775. The van der Waals surface area contributed by atoms with Crippen molar-refractivity contribution in [1.82, 2.24) is 10.2 Å². The maximum absolute atomic E-state index is 12.3. The summed E-state index contributed by atoms with van der Waals surface area (Å²) in [7, 11) is -3.76. The minimum absolute atomic E-state index is 0.0698. The van der Waals surface area contributed by atoms with Crippen LogP contribution in [-0.4, -0.2) is 30.3 Å². The second kappa shape index (κ2) is 7.42. The molecule has 2 rings (SSSR count). The van der Waals surface area contributed by atoms with Gasteiger partial charge in [0.2, 0.25) is 5.91 Å². The fourth-order valence-electron chi connectivity index (χ4n) is 1.72. The highest BCUT2D eigenvalue weighted by atomic mass is 32.2. The minimum atomic E-state index is -3.76. The third-order valence-corrected chi connectivity index (χ3v) is 4.83. The molecule has 1 aromatic carbocycles. The van der Waals surface area contributed by atoms with Gasteiger partial charge in [-0.15, -0.1) is 22.0 Å². The molecule has 0 bridgehead atoms. The van der Waals surface area contributed by atoms with Crippen LogP contribution in [0.25, 0.3) is 0 Å². The summed E-state index contributed by atoms with van der Waals surface area (Å²) in [5.74, 6) is 0.788. The molecular formula is C14H16N4O3S2. The van der Waals surface area contributed by atoms with Crippen molar-refractivity contribution in [3.05, 3.63) is 36.4 Å². The number of aromatic nitrogens is 2. The van der Waals surface area contributed by atoms with E-state index in [0.29, 0.717) is 5.69 Å². The molecule has 1 amide bonds. The average molecular weight is 352 g/mol. The molecule has 1 aromatic heterocycles. The molecule has 1 heterocycles. The lowest BCUT2D eigenvalue weighted by atomic mass is 10.3. The van der Waals surface area contributed by atoms with Gasteiger partial charge in [-0.25, -0.2) is 8.42 Å². The average Bonchev–Trinajstić information content (AvgIpc) is 2.49. The highest BCUT2D eigenvalue weighted by molar-refractivity contribution is 7.99. The number of anilines is 2. The van der Waals surface area contributed by atoms with Crippen LogP contribution < -0.4 is 10.0 Å². The second-order valence-electron chi connectivity index (χ2n) is 4.50. The van der Waals surface area contributed by atoms with Crippen molar-refractivity contribution in [1.29, 1.82) is 0 Å². The van der Waals surface area contributed by atoms with E-state index >= 15 is 0 Å². The van der Waals surface area contributed by atoms with Crippen molar-refractivity contribution in [3.63, 3.8) is 0 Å². The number of hydrogen-bond acceptors (Lipinski definition) is 6. The number of rotatable bonds is 6. The molecule has 2 N–H and O–H groups in total. The number of carbonyl (C=O) groups is 1. The van der Waals surface area contributed by atoms with Gasteiger partial charge < -0.3 is 5.32 Å². The summed E-state index contributed by atoms with van der Waals surface area (Å²) in [6.45, 7) is 3.37. The van der Waals surface area contributed by atoms with Crippen molar-refractivity contribution in [3.8, 4) is 0 Å². The molecule has 0 unspecified atom stereocenters. The number of benzene rings is 1. The summed E-state index contributed by atoms with van der Waals surface area (Å²) in [6.07, 6.45) is 0. The molecule has 0 spiro atoms. The van der Waals surface area contributed by atoms with E-state index in [1.54, 1.807) is 12.1 Å². The zero-order valence-electron chi connectivity index (χ0n) is 12.6. The Morgan fingerprint density at radius 1 is 1.13 bits per heavy atom. The van der Waals surface area contributed by atoms with E-state index in [1.165, 1.54) is 43.0 Å². The topological polar surface area (TPSA) is 101 Å². The summed E-state index contributed by atoms with van der Waals surface area (Å²) in [4.78, 5) is 11.0. The van der Waals surface area contributed by atoms with E-state index in [9.17, 15) is 13.2 Å². The molecule has 0 atom stereocenters. The third-order valence-electron chi connectivity index (χ3n) is 2.66. The number of nitrogens with zero attached hydrogens (tertiary/aromatic N) is 2. The molecule has 0 aliphatic rings. The Morgan fingerprint density at radius 3 is 2.35 bits per heavy atom. The Hall–Kier alpha value is -2.13. The highest BCUT2D eigenvalue weighted by Crippen LogP contribution is 2.19. The van der Waals surface area contributed by atoms with Gasteiger partial charge in [0.15, 0.2) is 5.82 Å². The fourth-order valence-corrected chi connectivity index (χ4v) is 3.27. The molecule has 0 radical (unpaired) electrons. The minimum Gasteiger partial charge on any atom is -0.326 e.